The van der Waals surface area contributed by atoms with Crippen LogP contribution in [0, 0.1) is 22.2 Å². The topological polar surface area (TPSA) is 91.3 Å². The van der Waals surface area contributed by atoms with Gasteiger partial charge in [0.15, 0.2) is 17.3 Å². The molecule has 158 valence electrons. The summed E-state index contributed by atoms with van der Waals surface area (Å²) < 4.78 is 33.3. The fraction of sp³-hybridized carbons (Fsp3) is 0.900. The Labute approximate surface area is 168 Å². The van der Waals surface area contributed by atoms with E-state index in [1.807, 2.05) is 34.6 Å². The summed E-state index contributed by atoms with van der Waals surface area (Å²) in [4.78, 5) is 23.6. The zero-order valence-electron chi connectivity index (χ0n) is 18.0. The molecule has 0 radical (unpaired) electrons. The van der Waals surface area contributed by atoms with Gasteiger partial charge >= 0.3 is 0 Å². The number of hydrogen-bond acceptors (Lipinski definition) is 5. The molecule has 0 amide bonds. The lowest BCUT2D eigenvalue weighted by Gasteiger charge is -2.32. The van der Waals surface area contributed by atoms with Gasteiger partial charge in [0.2, 0.25) is 0 Å². The van der Waals surface area contributed by atoms with E-state index in [2.05, 4.69) is 13.8 Å². The molecule has 0 aromatic heterocycles. The van der Waals surface area contributed by atoms with E-state index in [0.717, 1.165) is 17.3 Å². The summed E-state index contributed by atoms with van der Waals surface area (Å²) in [7, 11) is -4.16. The van der Waals surface area contributed by atoms with Crippen molar-refractivity contribution in [3.05, 3.63) is 0 Å². The maximum Gasteiger partial charge on any atom is 0.187 e. The van der Waals surface area contributed by atoms with Crippen molar-refractivity contribution in [1.29, 1.82) is 0 Å². The molecule has 0 aromatic rings. The first-order valence-electron chi connectivity index (χ1n) is 9.70. The Morgan fingerprint density at radius 2 is 1.67 bits per heavy atom. The number of ketones is 2. The summed E-state index contributed by atoms with van der Waals surface area (Å²) in [5.41, 5.74) is -1.14. The Hall–Kier alpha value is -0.400. The molecule has 2 aliphatic carbocycles. The highest BCUT2D eigenvalue weighted by molar-refractivity contribution is 7.97. The fourth-order valence-electron chi connectivity index (χ4n) is 4.15. The van der Waals surface area contributed by atoms with Gasteiger partial charge in [0.05, 0.1) is 0 Å². The average Bonchev–Trinajstić information content (AvgIpc) is 2.83. The number of fused-ring (bicyclic) bond motifs is 2. The predicted octanol–water partition coefficient (Wildman–Crippen LogP) is 3.19. The molecule has 2 bridgehead atoms. The third kappa shape index (κ3) is 4.78. The standard InChI is InChI=1S/C10H16O4S.C10H21OS/c1-9(2)6-4-5-10(9,3)8(11)7(6)15(12,13)14;1-6-12(7-2)8-9(11)10(3,4)5/h6-7H,4-5H2,1-3H3,(H,12,13,14);6-8H2,1-5H3/q;+1/p-1. The molecule has 2 saturated carbocycles. The lowest BCUT2D eigenvalue weighted by atomic mass is 9.70. The van der Waals surface area contributed by atoms with E-state index in [4.69, 9.17) is 0 Å². The number of carbonyl (C=O) groups excluding carboxylic acids is 2. The van der Waals surface area contributed by atoms with Crippen LogP contribution in [0.15, 0.2) is 0 Å². The van der Waals surface area contributed by atoms with Crippen LogP contribution in [-0.4, -0.2) is 47.0 Å². The molecule has 0 saturated heterocycles. The first kappa shape index (κ1) is 24.6. The summed E-state index contributed by atoms with van der Waals surface area (Å²) >= 11 is 0. The second-order valence-electron chi connectivity index (χ2n) is 9.48. The fourth-order valence-corrected chi connectivity index (χ4v) is 7.17. The quantitative estimate of drug-likeness (QED) is 0.503. The Kier molecular flexibility index (Phi) is 7.44. The monoisotopic (exact) mass is 420 g/mol. The predicted molar refractivity (Wildman–Crippen MR) is 111 cm³/mol. The van der Waals surface area contributed by atoms with Gasteiger partial charge in [-0.3, -0.25) is 9.59 Å². The number of rotatable bonds is 5. The molecule has 5 nitrogen and oxygen atoms in total. The summed E-state index contributed by atoms with van der Waals surface area (Å²) in [5, 5.41) is -1.30. The number of carbonyl (C=O) groups is 2. The molecule has 0 aliphatic heterocycles. The molecule has 0 N–H and O–H groups in total. The molecule has 0 aromatic carbocycles. The van der Waals surface area contributed by atoms with Crippen LogP contribution in [0.25, 0.3) is 0 Å². The van der Waals surface area contributed by atoms with E-state index in [-0.39, 0.29) is 22.5 Å². The molecule has 2 rings (SSSR count). The number of hydrogen-bond donors (Lipinski definition) is 0. The molecule has 27 heavy (non-hydrogen) atoms. The summed E-state index contributed by atoms with van der Waals surface area (Å²) in [6.45, 7) is 15.9. The Bertz CT molecular complexity index is 671. The van der Waals surface area contributed by atoms with E-state index < -0.39 is 20.8 Å². The van der Waals surface area contributed by atoms with Crippen molar-refractivity contribution >= 4 is 32.6 Å². The maximum absolute atomic E-state index is 12.0. The zero-order chi connectivity index (χ0) is 21.4. The lowest BCUT2D eigenvalue weighted by Crippen LogP contribution is -2.38. The van der Waals surface area contributed by atoms with E-state index >= 15 is 0 Å². The van der Waals surface area contributed by atoms with Crippen LogP contribution < -0.4 is 0 Å². The van der Waals surface area contributed by atoms with Gasteiger partial charge in [-0.25, -0.2) is 8.42 Å². The van der Waals surface area contributed by atoms with Crippen LogP contribution in [-0.2, 0) is 30.6 Å². The van der Waals surface area contributed by atoms with Crippen LogP contribution in [0.1, 0.15) is 68.2 Å². The van der Waals surface area contributed by atoms with Gasteiger partial charge in [0, 0.05) is 10.8 Å². The van der Waals surface area contributed by atoms with Gasteiger partial charge in [-0.1, -0.05) is 41.5 Å². The van der Waals surface area contributed by atoms with Crippen molar-refractivity contribution in [2.75, 3.05) is 17.3 Å². The van der Waals surface area contributed by atoms with E-state index in [1.54, 1.807) is 6.92 Å². The molecule has 3 atom stereocenters. The first-order chi connectivity index (χ1) is 12.0. The van der Waals surface area contributed by atoms with Gasteiger partial charge < -0.3 is 4.55 Å². The summed E-state index contributed by atoms with van der Waals surface area (Å²) in [5.74, 6) is 2.85. The third-order valence-corrected chi connectivity index (χ3v) is 10.2. The summed E-state index contributed by atoms with van der Waals surface area (Å²) in [6.07, 6.45) is 1.37. The molecule has 0 heterocycles. The van der Waals surface area contributed by atoms with Crippen LogP contribution in [0.4, 0.5) is 0 Å². The largest absolute Gasteiger partial charge is 0.747 e. The molecular formula is C20H36O5S2. The second-order valence-corrected chi connectivity index (χ2v) is 13.6. The molecule has 0 spiro atoms. The Morgan fingerprint density at radius 1 is 1.19 bits per heavy atom. The number of Topliss-reactive ketones (excluding diaryl/α,β-unsaturated/α-hetero) is 2. The highest BCUT2D eigenvalue weighted by atomic mass is 32.2. The van der Waals surface area contributed by atoms with Crippen molar-refractivity contribution in [2.24, 2.45) is 22.2 Å². The Balaban J connectivity index is 0.000000279. The van der Waals surface area contributed by atoms with Crippen molar-refractivity contribution < 1.29 is 22.6 Å². The van der Waals surface area contributed by atoms with Gasteiger partial charge in [-0.15, -0.1) is 0 Å². The lowest BCUT2D eigenvalue weighted by molar-refractivity contribution is -0.128. The minimum atomic E-state index is -4.49. The SMILES string of the molecule is CC12CCC(C(S(=O)(=O)[O-])C1=O)C2(C)C.CC[S+](CC)CC(=O)C(C)(C)C. The van der Waals surface area contributed by atoms with Crippen LogP contribution in [0.2, 0.25) is 0 Å². The second kappa shape index (κ2) is 8.15. The smallest absolute Gasteiger partial charge is 0.187 e. The molecule has 3 unspecified atom stereocenters. The van der Waals surface area contributed by atoms with Gasteiger partial charge in [-0.05, 0) is 48.9 Å². The van der Waals surface area contributed by atoms with Gasteiger partial charge in [0.25, 0.3) is 0 Å². The normalized spacial score (nSPS) is 29.6. The van der Waals surface area contributed by atoms with Gasteiger partial charge in [-0.2, -0.15) is 0 Å². The van der Waals surface area contributed by atoms with Crippen molar-refractivity contribution in [2.45, 2.75) is 73.5 Å². The summed E-state index contributed by atoms with van der Waals surface area (Å²) in [6, 6.07) is 0. The molecule has 2 aliphatic rings. The zero-order valence-corrected chi connectivity index (χ0v) is 19.7. The van der Waals surface area contributed by atoms with E-state index in [0.29, 0.717) is 29.5 Å². The third-order valence-electron chi connectivity index (χ3n) is 6.77. The average molecular weight is 421 g/mol. The van der Waals surface area contributed by atoms with E-state index in [1.165, 1.54) is 0 Å². The Morgan fingerprint density at radius 3 is 1.93 bits per heavy atom. The van der Waals surface area contributed by atoms with Crippen molar-refractivity contribution in [3.8, 4) is 0 Å². The maximum atomic E-state index is 12.0. The van der Waals surface area contributed by atoms with Crippen LogP contribution >= 0.6 is 0 Å². The molecular weight excluding hydrogens is 384 g/mol. The van der Waals surface area contributed by atoms with Crippen molar-refractivity contribution in [3.63, 3.8) is 0 Å². The highest BCUT2D eigenvalue weighted by Crippen LogP contribution is 2.64. The van der Waals surface area contributed by atoms with Crippen LogP contribution in [0.5, 0.6) is 0 Å². The highest BCUT2D eigenvalue weighted by Gasteiger charge is 2.67. The minimum Gasteiger partial charge on any atom is -0.747 e. The minimum absolute atomic E-state index is 0.143. The molecule has 2 fully saturated rings. The molecule has 7 heteroatoms. The van der Waals surface area contributed by atoms with E-state index in [9.17, 15) is 22.6 Å². The first-order valence-corrected chi connectivity index (χ1v) is 12.9. The van der Waals surface area contributed by atoms with Crippen molar-refractivity contribution in [1.82, 2.24) is 0 Å². The van der Waals surface area contributed by atoms with Gasteiger partial charge in [0.1, 0.15) is 26.9 Å². The van der Waals surface area contributed by atoms with Crippen LogP contribution in [0.3, 0.4) is 0 Å².